The Hall–Kier alpha value is -1.58. The molecule has 1 saturated carbocycles. The molecule has 3 nitrogen and oxygen atoms in total. The highest BCUT2D eigenvalue weighted by molar-refractivity contribution is 5.84. The summed E-state index contributed by atoms with van der Waals surface area (Å²) in [7, 11) is 0. The summed E-state index contributed by atoms with van der Waals surface area (Å²) in [5, 5.41) is 2.61. The van der Waals surface area contributed by atoms with Gasteiger partial charge in [-0.3, -0.25) is 4.90 Å². The van der Waals surface area contributed by atoms with Gasteiger partial charge in [0, 0.05) is 12.0 Å². The van der Waals surface area contributed by atoms with E-state index < -0.39 is 0 Å². The molecule has 3 aliphatic rings. The Kier molecular flexibility index (Phi) is 5.77. The van der Waals surface area contributed by atoms with Crippen molar-refractivity contribution >= 4 is 10.8 Å². The first-order chi connectivity index (χ1) is 14.9. The molecule has 0 amide bonds. The first kappa shape index (κ1) is 21.3. The largest absolute Gasteiger partial charge is 0.490 e. The zero-order valence-electron chi connectivity index (χ0n) is 19.7. The lowest BCUT2D eigenvalue weighted by atomic mass is 9.72. The average molecular weight is 422 g/mol. The van der Waals surface area contributed by atoms with Gasteiger partial charge < -0.3 is 9.47 Å². The number of fused-ring (bicyclic) bond motifs is 1. The average Bonchev–Trinajstić information content (AvgIpc) is 2.73. The fourth-order valence-corrected chi connectivity index (χ4v) is 5.81. The number of piperidine rings is 1. The smallest absolute Gasteiger partial charge is 0.120 e. The van der Waals surface area contributed by atoms with Gasteiger partial charge in [-0.05, 0) is 97.5 Å². The third kappa shape index (κ3) is 4.78. The van der Waals surface area contributed by atoms with Crippen LogP contribution in [0.5, 0.6) is 5.75 Å². The lowest BCUT2D eigenvalue weighted by Crippen LogP contribution is -2.50. The predicted octanol–water partition coefficient (Wildman–Crippen LogP) is 6.44. The Morgan fingerprint density at radius 2 is 1.61 bits per heavy atom. The van der Waals surface area contributed by atoms with Crippen molar-refractivity contribution in [2.45, 2.75) is 71.9 Å². The summed E-state index contributed by atoms with van der Waals surface area (Å²) in [6, 6.07) is 13.6. The predicted molar refractivity (Wildman–Crippen MR) is 128 cm³/mol. The Balaban J connectivity index is 1.17. The van der Waals surface area contributed by atoms with Crippen LogP contribution in [-0.2, 0) is 11.3 Å². The number of rotatable bonds is 4. The zero-order chi connectivity index (χ0) is 21.5. The Morgan fingerprint density at radius 1 is 0.935 bits per heavy atom. The van der Waals surface area contributed by atoms with Crippen LogP contribution >= 0.6 is 0 Å². The van der Waals surface area contributed by atoms with Crippen LogP contribution in [0.1, 0.15) is 64.9 Å². The Bertz CT molecular complexity index is 893. The first-order valence-corrected chi connectivity index (χ1v) is 12.4. The summed E-state index contributed by atoms with van der Waals surface area (Å²) in [5.74, 6) is 1.86. The number of hydrogen-bond acceptors (Lipinski definition) is 3. The van der Waals surface area contributed by atoms with Gasteiger partial charge in [0.15, 0.2) is 0 Å². The summed E-state index contributed by atoms with van der Waals surface area (Å²) in [4.78, 5) is 2.61. The van der Waals surface area contributed by atoms with Crippen LogP contribution in [0.15, 0.2) is 36.4 Å². The molecule has 168 valence electrons. The van der Waals surface area contributed by atoms with E-state index in [2.05, 4.69) is 62.1 Å². The summed E-state index contributed by atoms with van der Waals surface area (Å²) in [6.07, 6.45) is 7.90. The maximum absolute atomic E-state index is 6.39. The van der Waals surface area contributed by atoms with Crippen molar-refractivity contribution in [3.63, 3.8) is 0 Å². The molecule has 3 fully saturated rings. The molecule has 0 aromatic heterocycles. The van der Waals surface area contributed by atoms with Gasteiger partial charge in [0.05, 0.1) is 19.3 Å². The van der Waals surface area contributed by atoms with Crippen LogP contribution in [-0.4, -0.2) is 37.3 Å². The minimum Gasteiger partial charge on any atom is -0.490 e. The van der Waals surface area contributed by atoms with Crippen molar-refractivity contribution in [3.05, 3.63) is 42.0 Å². The molecule has 0 radical (unpaired) electrons. The SMILES string of the molecule is CC(C)(C)C1CCC(Oc2ccc3cc(CN4CCC5(CC4)COC5)ccc3c2)CC1. The lowest BCUT2D eigenvalue weighted by Gasteiger charge is -2.47. The minimum absolute atomic E-state index is 0.374. The van der Waals surface area contributed by atoms with E-state index in [-0.39, 0.29) is 0 Å². The van der Waals surface area contributed by atoms with Crippen molar-refractivity contribution < 1.29 is 9.47 Å². The second-order valence-electron chi connectivity index (χ2n) is 11.6. The van der Waals surface area contributed by atoms with E-state index in [1.807, 2.05) is 0 Å². The van der Waals surface area contributed by atoms with Crippen LogP contribution in [0.2, 0.25) is 0 Å². The number of benzene rings is 2. The van der Waals surface area contributed by atoms with E-state index in [1.54, 1.807) is 0 Å². The molecule has 0 bridgehead atoms. The maximum Gasteiger partial charge on any atom is 0.120 e. The fraction of sp³-hybridized carbons (Fsp3) is 0.643. The van der Waals surface area contributed by atoms with Gasteiger partial charge in [0.25, 0.3) is 0 Å². The lowest BCUT2D eigenvalue weighted by molar-refractivity contribution is -0.140. The van der Waals surface area contributed by atoms with E-state index >= 15 is 0 Å². The standard InChI is InChI=1S/C28H39NO2/c1-27(2,3)24-7-10-25(11-8-24)31-26-9-6-22-16-21(4-5-23(22)17-26)18-29-14-12-28(13-15-29)19-30-20-28/h4-6,9,16-17,24-25H,7-8,10-15,18-20H2,1-3H3. The quantitative estimate of drug-likeness (QED) is 0.567. The summed E-state index contributed by atoms with van der Waals surface area (Å²) >= 11 is 0. The molecule has 0 atom stereocenters. The normalized spacial score (nSPS) is 26.7. The number of likely N-dealkylation sites (tertiary alicyclic amines) is 1. The molecule has 5 rings (SSSR count). The fourth-order valence-electron chi connectivity index (χ4n) is 5.81. The van der Waals surface area contributed by atoms with Gasteiger partial charge in [0.2, 0.25) is 0 Å². The minimum atomic E-state index is 0.374. The van der Waals surface area contributed by atoms with Crippen molar-refractivity contribution in [2.24, 2.45) is 16.7 Å². The molecule has 0 unspecified atom stereocenters. The molecule has 2 heterocycles. The highest BCUT2D eigenvalue weighted by atomic mass is 16.5. The number of nitrogens with zero attached hydrogens (tertiary/aromatic N) is 1. The first-order valence-electron chi connectivity index (χ1n) is 12.4. The number of hydrogen-bond donors (Lipinski definition) is 0. The van der Waals surface area contributed by atoms with Crippen molar-refractivity contribution in [1.29, 1.82) is 0 Å². The van der Waals surface area contributed by atoms with Gasteiger partial charge >= 0.3 is 0 Å². The van der Waals surface area contributed by atoms with Crippen LogP contribution in [0.4, 0.5) is 0 Å². The molecular formula is C28H39NO2. The number of ether oxygens (including phenoxy) is 2. The molecule has 0 N–H and O–H groups in total. The summed E-state index contributed by atoms with van der Waals surface area (Å²) < 4.78 is 11.9. The third-order valence-corrected chi connectivity index (χ3v) is 8.22. The van der Waals surface area contributed by atoms with E-state index in [9.17, 15) is 0 Å². The Labute approximate surface area is 188 Å². The maximum atomic E-state index is 6.39. The summed E-state index contributed by atoms with van der Waals surface area (Å²) in [6.45, 7) is 12.6. The van der Waals surface area contributed by atoms with Gasteiger partial charge in [-0.2, -0.15) is 0 Å². The highest BCUT2D eigenvalue weighted by Crippen LogP contribution is 2.40. The van der Waals surface area contributed by atoms with Gasteiger partial charge in [-0.1, -0.05) is 39.0 Å². The van der Waals surface area contributed by atoms with Gasteiger partial charge in [-0.15, -0.1) is 0 Å². The van der Waals surface area contributed by atoms with Crippen LogP contribution in [0.25, 0.3) is 10.8 Å². The second-order valence-corrected chi connectivity index (χ2v) is 11.6. The van der Waals surface area contributed by atoms with E-state index in [1.165, 1.54) is 68.0 Å². The van der Waals surface area contributed by atoms with E-state index in [0.717, 1.165) is 31.4 Å². The molecule has 2 aromatic rings. The molecule has 31 heavy (non-hydrogen) atoms. The zero-order valence-corrected chi connectivity index (χ0v) is 19.7. The van der Waals surface area contributed by atoms with Crippen molar-refractivity contribution in [1.82, 2.24) is 4.90 Å². The topological polar surface area (TPSA) is 21.7 Å². The molecule has 1 spiro atoms. The molecule has 1 aliphatic carbocycles. The molecule has 3 heteroatoms. The van der Waals surface area contributed by atoms with Crippen molar-refractivity contribution in [3.8, 4) is 5.75 Å². The molecular weight excluding hydrogens is 382 g/mol. The molecule has 2 aromatic carbocycles. The van der Waals surface area contributed by atoms with Crippen LogP contribution < -0.4 is 4.74 Å². The van der Waals surface area contributed by atoms with Crippen molar-refractivity contribution in [2.75, 3.05) is 26.3 Å². The highest BCUT2D eigenvalue weighted by Gasteiger charge is 2.41. The molecule has 2 saturated heterocycles. The monoisotopic (exact) mass is 421 g/mol. The second kappa shape index (κ2) is 8.41. The van der Waals surface area contributed by atoms with Crippen LogP contribution in [0, 0.1) is 16.7 Å². The van der Waals surface area contributed by atoms with Gasteiger partial charge in [-0.25, -0.2) is 0 Å². The third-order valence-electron chi connectivity index (χ3n) is 8.22. The van der Waals surface area contributed by atoms with Crippen LogP contribution in [0.3, 0.4) is 0 Å². The Morgan fingerprint density at radius 3 is 2.26 bits per heavy atom. The summed E-state index contributed by atoms with van der Waals surface area (Å²) in [5.41, 5.74) is 2.36. The molecule has 2 aliphatic heterocycles. The van der Waals surface area contributed by atoms with E-state index in [0.29, 0.717) is 16.9 Å². The van der Waals surface area contributed by atoms with E-state index in [4.69, 9.17) is 9.47 Å². The van der Waals surface area contributed by atoms with Gasteiger partial charge in [0.1, 0.15) is 5.75 Å².